The number of hydrogen-bond acceptors (Lipinski definition) is 5. The maximum atomic E-state index is 12.2. The van der Waals surface area contributed by atoms with Crippen molar-refractivity contribution in [2.45, 2.75) is 63.3 Å². The van der Waals surface area contributed by atoms with Crippen molar-refractivity contribution in [1.29, 1.82) is 0 Å². The minimum Gasteiger partial charge on any atom is -0.459 e. The zero-order chi connectivity index (χ0) is 14.7. The van der Waals surface area contributed by atoms with Gasteiger partial charge in [-0.25, -0.2) is 8.42 Å². The van der Waals surface area contributed by atoms with Gasteiger partial charge in [0.15, 0.2) is 9.84 Å². The lowest BCUT2D eigenvalue weighted by molar-refractivity contribution is -0.151. The Balaban J connectivity index is 2.63. The fourth-order valence-electron chi connectivity index (χ4n) is 2.39. The minimum absolute atomic E-state index is 0.229. The van der Waals surface area contributed by atoms with Crippen LogP contribution in [-0.2, 0) is 19.4 Å². The van der Waals surface area contributed by atoms with E-state index in [4.69, 9.17) is 4.74 Å². The van der Waals surface area contributed by atoms with Crippen LogP contribution in [0.15, 0.2) is 0 Å². The normalized spacial score (nSPS) is 25.1. The maximum absolute atomic E-state index is 12.2. The van der Waals surface area contributed by atoms with Gasteiger partial charge >= 0.3 is 5.97 Å². The summed E-state index contributed by atoms with van der Waals surface area (Å²) in [6.07, 6.45) is 3.10. The Hall–Kier alpha value is -0.620. The summed E-state index contributed by atoms with van der Waals surface area (Å²) >= 11 is 0. The second kappa shape index (κ2) is 6.22. The monoisotopic (exact) mass is 291 g/mol. The van der Waals surface area contributed by atoms with Gasteiger partial charge in [-0.1, -0.05) is 6.42 Å². The molecule has 0 radical (unpaired) electrons. The molecular weight excluding hydrogens is 266 g/mol. The zero-order valence-electron chi connectivity index (χ0n) is 12.2. The van der Waals surface area contributed by atoms with Crippen molar-refractivity contribution in [3.05, 3.63) is 0 Å². The van der Waals surface area contributed by atoms with Crippen LogP contribution in [-0.4, -0.2) is 44.1 Å². The highest BCUT2D eigenvalue weighted by molar-refractivity contribution is 7.92. The molecular formula is C13H25NO4S. The Morgan fingerprint density at radius 1 is 1.32 bits per heavy atom. The van der Waals surface area contributed by atoms with Gasteiger partial charge in [-0.15, -0.1) is 0 Å². The molecule has 0 aromatic heterocycles. The molecule has 1 fully saturated rings. The molecule has 6 heteroatoms. The fourth-order valence-corrected chi connectivity index (χ4v) is 4.06. The topological polar surface area (TPSA) is 72.5 Å². The highest BCUT2D eigenvalue weighted by atomic mass is 32.2. The third-order valence-corrected chi connectivity index (χ3v) is 5.36. The molecule has 1 aliphatic carbocycles. The van der Waals surface area contributed by atoms with Crippen LogP contribution < -0.4 is 5.32 Å². The van der Waals surface area contributed by atoms with E-state index in [0.717, 1.165) is 12.8 Å². The molecule has 2 atom stereocenters. The van der Waals surface area contributed by atoms with Crippen LogP contribution in [0.1, 0.15) is 46.5 Å². The van der Waals surface area contributed by atoms with Crippen LogP contribution >= 0.6 is 0 Å². The van der Waals surface area contributed by atoms with E-state index in [-0.39, 0.29) is 6.04 Å². The van der Waals surface area contributed by atoms with Gasteiger partial charge in [0.2, 0.25) is 0 Å². The van der Waals surface area contributed by atoms with E-state index in [0.29, 0.717) is 12.8 Å². The summed E-state index contributed by atoms with van der Waals surface area (Å²) < 4.78 is 29.5. The maximum Gasteiger partial charge on any atom is 0.321 e. The molecule has 0 saturated heterocycles. The third kappa shape index (κ3) is 5.48. The van der Waals surface area contributed by atoms with Crippen LogP contribution in [0.5, 0.6) is 0 Å². The molecule has 112 valence electrons. The van der Waals surface area contributed by atoms with Crippen LogP contribution in [0.3, 0.4) is 0 Å². The average molecular weight is 291 g/mol. The first-order valence-corrected chi connectivity index (χ1v) is 8.46. The van der Waals surface area contributed by atoms with E-state index in [2.05, 4.69) is 5.32 Å². The quantitative estimate of drug-likeness (QED) is 0.790. The van der Waals surface area contributed by atoms with Gasteiger partial charge in [-0.05, 0) is 47.1 Å². The number of carbonyl (C=O) groups is 1. The van der Waals surface area contributed by atoms with Gasteiger partial charge in [0.05, 0.1) is 5.25 Å². The van der Waals surface area contributed by atoms with Crippen molar-refractivity contribution in [3.8, 4) is 0 Å². The van der Waals surface area contributed by atoms with Gasteiger partial charge < -0.3 is 10.1 Å². The summed E-state index contributed by atoms with van der Waals surface area (Å²) in [7, 11) is -1.57. The van der Waals surface area contributed by atoms with Crippen molar-refractivity contribution in [2.24, 2.45) is 0 Å². The van der Waals surface area contributed by atoms with Crippen molar-refractivity contribution in [1.82, 2.24) is 5.32 Å². The van der Waals surface area contributed by atoms with Crippen molar-refractivity contribution in [2.75, 3.05) is 12.8 Å². The molecule has 2 unspecified atom stereocenters. The highest BCUT2D eigenvalue weighted by Gasteiger charge is 2.34. The molecule has 1 aliphatic rings. The first kappa shape index (κ1) is 16.4. The highest BCUT2D eigenvalue weighted by Crippen LogP contribution is 2.25. The first-order valence-electron chi connectivity index (χ1n) is 6.75. The number of sulfone groups is 1. The number of ether oxygens (including phenoxy) is 1. The SMILES string of the molecule is CNC1CCCC(S(=O)(=O)CC(=O)OC(C)(C)C)C1. The van der Waals surface area contributed by atoms with Gasteiger partial charge in [0.25, 0.3) is 0 Å². The first-order chi connectivity index (χ1) is 8.64. The smallest absolute Gasteiger partial charge is 0.321 e. The van der Waals surface area contributed by atoms with Gasteiger partial charge in [0.1, 0.15) is 11.4 Å². The molecule has 1 saturated carbocycles. The van der Waals surface area contributed by atoms with E-state index >= 15 is 0 Å². The molecule has 0 spiro atoms. The fraction of sp³-hybridized carbons (Fsp3) is 0.923. The van der Waals surface area contributed by atoms with Crippen LogP contribution in [0, 0.1) is 0 Å². The third-order valence-electron chi connectivity index (χ3n) is 3.28. The van der Waals surface area contributed by atoms with Crippen LogP contribution in [0.2, 0.25) is 0 Å². The van der Waals surface area contributed by atoms with Crippen LogP contribution in [0.25, 0.3) is 0 Å². The van der Waals surface area contributed by atoms with Gasteiger partial charge in [-0.2, -0.15) is 0 Å². The van der Waals surface area contributed by atoms with E-state index in [1.807, 2.05) is 7.05 Å². The molecule has 0 aliphatic heterocycles. The van der Waals surface area contributed by atoms with Crippen LogP contribution in [0.4, 0.5) is 0 Å². The van der Waals surface area contributed by atoms with Gasteiger partial charge in [0, 0.05) is 6.04 Å². The number of rotatable bonds is 4. The molecule has 0 aromatic carbocycles. The molecule has 0 bridgehead atoms. The van der Waals surface area contributed by atoms with E-state index in [1.54, 1.807) is 20.8 Å². The second-order valence-electron chi connectivity index (χ2n) is 6.17. The largest absolute Gasteiger partial charge is 0.459 e. The predicted octanol–water partition coefficient (Wildman–Crippen LogP) is 1.27. The predicted molar refractivity (Wildman–Crippen MR) is 74.7 cm³/mol. The Bertz CT molecular complexity index is 411. The van der Waals surface area contributed by atoms with Crippen molar-refractivity contribution in [3.63, 3.8) is 0 Å². The zero-order valence-corrected chi connectivity index (χ0v) is 13.0. The Morgan fingerprint density at radius 3 is 2.47 bits per heavy atom. The van der Waals surface area contributed by atoms with Crippen molar-refractivity contribution < 1.29 is 17.9 Å². The summed E-state index contributed by atoms with van der Waals surface area (Å²) in [6.45, 7) is 5.19. The minimum atomic E-state index is -3.41. The Morgan fingerprint density at radius 2 is 1.95 bits per heavy atom. The Kier molecular flexibility index (Phi) is 5.38. The number of hydrogen-bond donors (Lipinski definition) is 1. The van der Waals surface area contributed by atoms with E-state index < -0.39 is 32.4 Å². The van der Waals surface area contributed by atoms with E-state index in [1.165, 1.54) is 0 Å². The number of esters is 1. The molecule has 1 rings (SSSR count). The average Bonchev–Trinajstić information content (AvgIpc) is 2.25. The summed E-state index contributed by atoms with van der Waals surface area (Å²) in [5.74, 6) is -1.16. The lowest BCUT2D eigenvalue weighted by Crippen LogP contribution is -2.40. The Labute approximate surface area is 116 Å². The molecule has 19 heavy (non-hydrogen) atoms. The summed E-state index contributed by atoms with van der Waals surface area (Å²) in [5, 5.41) is 2.69. The van der Waals surface area contributed by atoms with Gasteiger partial charge in [-0.3, -0.25) is 4.79 Å². The molecule has 1 N–H and O–H groups in total. The lowest BCUT2D eigenvalue weighted by atomic mass is 9.95. The van der Waals surface area contributed by atoms with E-state index in [9.17, 15) is 13.2 Å². The summed E-state index contributed by atoms with van der Waals surface area (Å²) in [5.41, 5.74) is -0.646. The molecule has 0 heterocycles. The molecule has 0 amide bonds. The van der Waals surface area contributed by atoms with Crippen molar-refractivity contribution >= 4 is 15.8 Å². The second-order valence-corrected chi connectivity index (χ2v) is 8.45. The number of carbonyl (C=O) groups excluding carboxylic acids is 1. The summed E-state index contributed by atoms with van der Waals surface area (Å²) in [6, 6.07) is 0.229. The number of nitrogens with one attached hydrogen (secondary N) is 1. The summed E-state index contributed by atoms with van der Waals surface area (Å²) in [4.78, 5) is 11.7. The lowest BCUT2D eigenvalue weighted by Gasteiger charge is -2.28. The molecule has 5 nitrogen and oxygen atoms in total. The molecule has 0 aromatic rings. The standard InChI is InChI=1S/C13H25NO4S/c1-13(2,3)18-12(15)9-19(16,17)11-7-5-6-10(8-11)14-4/h10-11,14H,5-9H2,1-4H3.